The van der Waals surface area contributed by atoms with Gasteiger partial charge in [-0.05, 0) is 71.3 Å². The van der Waals surface area contributed by atoms with Crippen LogP contribution in [-0.2, 0) is 0 Å². The van der Waals surface area contributed by atoms with Crippen molar-refractivity contribution in [2.24, 2.45) is 10.5 Å². The Morgan fingerprint density at radius 2 is 1.75 bits per heavy atom. The first kappa shape index (κ1) is 29.2. The normalized spacial score (nSPS) is 11.9. The lowest BCUT2D eigenvalue weighted by molar-refractivity contribution is 0.191. The first-order chi connectivity index (χ1) is 18.9. The quantitative estimate of drug-likeness (QED) is 0.208. The van der Waals surface area contributed by atoms with Crippen LogP contribution in [0.25, 0.3) is 22.3 Å². The maximum Gasteiger partial charge on any atom is 0.282 e. The molecule has 40 heavy (non-hydrogen) atoms. The molecule has 8 heteroatoms. The summed E-state index contributed by atoms with van der Waals surface area (Å²) in [6, 6.07) is 14.8. The van der Waals surface area contributed by atoms with Crippen molar-refractivity contribution in [2.45, 2.75) is 47.5 Å². The van der Waals surface area contributed by atoms with Gasteiger partial charge in [0.2, 0.25) is 0 Å². The van der Waals surface area contributed by atoms with Crippen LogP contribution in [0.2, 0.25) is 5.02 Å². The predicted molar refractivity (Wildman–Crippen MR) is 163 cm³/mol. The van der Waals surface area contributed by atoms with E-state index in [0.717, 1.165) is 22.4 Å². The molecule has 0 saturated heterocycles. The second-order valence-electron chi connectivity index (χ2n) is 11.3. The fraction of sp³-hybridized carbons (Fsp3) is 0.344. The largest absolute Gasteiger partial charge is 0.496 e. The van der Waals surface area contributed by atoms with Crippen molar-refractivity contribution >= 4 is 28.7 Å². The summed E-state index contributed by atoms with van der Waals surface area (Å²) in [4.78, 5) is 18.6. The minimum Gasteiger partial charge on any atom is -0.496 e. The van der Waals surface area contributed by atoms with E-state index in [2.05, 4.69) is 39.7 Å². The highest BCUT2D eigenvalue weighted by molar-refractivity contribution is 6.32. The van der Waals surface area contributed by atoms with Gasteiger partial charge in [-0.2, -0.15) is 9.78 Å². The summed E-state index contributed by atoms with van der Waals surface area (Å²) in [5.41, 5.74) is 3.64. The van der Waals surface area contributed by atoms with E-state index >= 15 is 0 Å². The van der Waals surface area contributed by atoms with Gasteiger partial charge in [0.25, 0.3) is 5.56 Å². The molecule has 210 valence electrons. The van der Waals surface area contributed by atoms with Crippen LogP contribution in [0.3, 0.4) is 0 Å². The van der Waals surface area contributed by atoms with Gasteiger partial charge in [0.05, 0.1) is 43.0 Å². The Morgan fingerprint density at radius 3 is 2.40 bits per heavy atom. The number of methoxy groups -OCH3 is 2. The van der Waals surface area contributed by atoms with Crippen LogP contribution in [0.5, 0.6) is 17.2 Å². The summed E-state index contributed by atoms with van der Waals surface area (Å²) >= 11 is 6.60. The van der Waals surface area contributed by atoms with E-state index in [9.17, 15) is 4.79 Å². The molecule has 0 bridgehead atoms. The number of fused-ring (bicyclic) bond motifs is 1. The summed E-state index contributed by atoms with van der Waals surface area (Å²) in [5.74, 6) is 2.38. The van der Waals surface area contributed by atoms with Crippen LogP contribution in [-0.4, -0.2) is 36.7 Å². The van der Waals surface area contributed by atoms with Crippen LogP contribution < -0.4 is 19.8 Å². The topological polar surface area (TPSA) is 74.9 Å². The monoisotopic (exact) mass is 561 g/mol. The molecule has 1 heterocycles. The van der Waals surface area contributed by atoms with Gasteiger partial charge in [-0.15, -0.1) is 0 Å². The number of aryl methyl sites for hydroxylation is 1. The van der Waals surface area contributed by atoms with Crippen LogP contribution >= 0.6 is 11.6 Å². The van der Waals surface area contributed by atoms with Gasteiger partial charge in [-0.3, -0.25) is 4.79 Å². The Bertz CT molecular complexity index is 1630. The van der Waals surface area contributed by atoms with E-state index in [1.54, 1.807) is 38.6 Å². The molecule has 0 spiro atoms. The average Bonchev–Trinajstić information content (AvgIpc) is 2.90. The van der Waals surface area contributed by atoms with Crippen molar-refractivity contribution in [3.63, 3.8) is 0 Å². The number of halogens is 1. The summed E-state index contributed by atoms with van der Waals surface area (Å²) in [7, 11) is 3.22. The zero-order chi connectivity index (χ0) is 29.2. The van der Waals surface area contributed by atoms with Crippen molar-refractivity contribution in [3.05, 3.63) is 80.6 Å². The first-order valence-electron chi connectivity index (χ1n) is 13.2. The average molecular weight is 562 g/mol. The molecule has 0 fully saturated rings. The molecule has 0 atom stereocenters. The molecule has 0 aliphatic heterocycles. The second-order valence-corrected chi connectivity index (χ2v) is 11.7. The molecule has 4 aromatic rings. The van der Waals surface area contributed by atoms with Gasteiger partial charge in [0, 0.05) is 5.56 Å². The van der Waals surface area contributed by atoms with Crippen LogP contribution in [0.15, 0.2) is 58.4 Å². The Balaban J connectivity index is 1.88. The highest BCUT2D eigenvalue weighted by atomic mass is 35.5. The van der Waals surface area contributed by atoms with Crippen LogP contribution in [0, 0.1) is 12.3 Å². The molecule has 1 aromatic heterocycles. The molecule has 0 saturated carbocycles. The molecule has 3 aromatic carbocycles. The number of ether oxygens (including phenoxy) is 3. The minimum absolute atomic E-state index is 0.0514. The molecular weight excluding hydrogens is 526 g/mol. The lowest BCUT2D eigenvalue weighted by Crippen LogP contribution is -2.21. The van der Waals surface area contributed by atoms with E-state index in [0.29, 0.717) is 45.4 Å². The number of para-hydroxylation sites is 1. The maximum atomic E-state index is 13.7. The lowest BCUT2D eigenvalue weighted by atomic mass is 9.96. The van der Waals surface area contributed by atoms with Gasteiger partial charge < -0.3 is 14.2 Å². The minimum atomic E-state index is -0.277. The number of benzene rings is 3. The van der Waals surface area contributed by atoms with Crippen molar-refractivity contribution < 1.29 is 14.2 Å². The number of rotatable bonds is 8. The fourth-order valence-electron chi connectivity index (χ4n) is 4.34. The van der Waals surface area contributed by atoms with Crippen LogP contribution in [0.4, 0.5) is 0 Å². The smallest absolute Gasteiger partial charge is 0.282 e. The van der Waals surface area contributed by atoms with Crippen LogP contribution in [0.1, 0.15) is 57.2 Å². The Morgan fingerprint density at radius 1 is 1.05 bits per heavy atom. The SMILES string of the molecule is COc1cc(C)c(-c2nc3ccccc3c(=O)n2N=Cc2cc(Cl)c(OCC(C)(C)C)c(OC)c2)cc1C(C)C. The zero-order valence-electron chi connectivity index (χ0n) is 24.3. The first-order valence-corrected chi connectivity index (χ1v) is 13.6. The standard InChI is InChI=1S/C32H36ClN3O4/c1-19(2)23-16-24(20(3)13-27(23)38-7)30-35-26-12-10-9-11-22(26)31(37)36(30)34-17-21-14-25(33)29(28(15-21)39-8)40-18-32(4,5)6/h9-17,19H,18H2,1-8H3. The third-order valence-corrected chi connectivity index (χ3v) is 6.70. The predicted octanol–water partition coefficient (Wildman–Crippen LogP) is 7.47. The molecule has 0 aliphatic rings. The zero-order valence-corrected chi connectivity index (χ0v) is 25.1. The van der Waals surface area contributed by atoms with Gasteiger partial charge in [0.15, 0.2) is 17.3 Å². The Hall–Kier alpha value is -3.84. The van der Waals surface area contributed by atoms with E-state index < -0.39 is 0 Å². The molecular formula is C32H36ClN3O4. The third-order valence-electron chi connectivity index (χ3n) is 6.42. The van der Waals surface area contributed by atoms with Gasteiger partial charge >= 0.3 is 0 Å². The lowest BCUT2D eigenvalue weighted by Gasteiger charge is -2.21. The van der Waals surface area contributed by atoms with E-state index in [1.165, 1.54) is 4.68 Å². The summed E-state index contributed by atoms with van der Waals surface area (Å²) in [5, 5.41) is 5.49. The van der Waals surface area contributed by atoms with E-state index in [4.69, 9.17) is 30.8 Å². The van der Waals surface area contributed by atoms with Crippen molar-refractivity contribution in [3.8, 4) is 28.6 Å². The maximum absolute atomic E-state index is 13.7. The third kappa shape index (κ3) is 6.15. The highest BCUT2D eigenvalue weighted by Gasteiger charge is 2.19. The fourth-order valence-corrected chi connectivity index (χ4v) is 4.61. The Labute approximate surface area is 240 Å². The number of nitrogens with zero attached hydrogens (tertiary/aromatic N) is 3. The number of aromatic nitrogens is 2. The number of hydrogen-bond donors (Lipinski definition) is 0. The summed E-state index contributed by atoms with van der Waals surface area (Å²) in [6.45, 7) is 12.9. The summed E-state index contributed by atoms with van der Waals surface area (Å²) in [6.07, 6.45) is 1.57. The molecule has 0 amide bonds. The van der Waals surface area contributed by atoms with Gasteiger partial charge in [0.1, 0.15) is 5.75 Å². The molecule has 7 nitrogen and oxygen atoms in total. The molecule has 0 aliphatic carbocycles. The molecule has 0 unspecified atom stereocenters. The van der Waals surface area contributed by atoms with E-state index in [1.807, 2.05) is 37.3 Å². The number of hydrogen-bond acceptors (Lipinski definition) is 6. The molecule has 0 radical (unpaired) electrons. The Kier molecular flexibility index (Phi) is 8.54. The van der Waals surface area contributed by atoms with Gasteiger partial charge in [-0.25, -0.2) is 4.98 Å². The van der Waals surface area contributed by atoms with Crippen molar-refractivity contribution in [1.82, 2.24) is 9.66 Å². The van der Waals surface area contributed by atoms with E-state index in [-0.39, 0.29) is 16.9 Å². The van der Waals surface area contributed by atoms with Gasteiger partial charge in [-0.1, -0.05) is 58.4 Å². The molecule has 4 rings (SSSR count). The second kappa shape index (κ2) is 11.7. The molecule has 0 N–H and O–H groups in total. The summed E-state index contributed by atoms with van der Waals surface area (Å²) < 4.78 is 18.5. The van der Waals surface area contributed by atoms with Crippen molar-refractivity contribution in [1.29, 1.82) is 0 Å². The highest BCUT2D eigenvalue weighted by Crippen LogP contribution is 2.37. The van der Waals surface area contributed by atoms with Crippen molar-refractivity contribution in [2.75, 3.05) is 20.8 Å².